The van der Waals surface area contributed by atoms with Crippen molar-refractivity contribution < 1.29 is 0 Å². The first kappa shape index (κ1) is 126. The Labute approximate surface area is 740 Å². The molecule has 9 aliphatic rings. The Morgan fingerprint density at radius 1 is 0.172 bits per heavy atom. The molecule has 9 heterocycles. The van der Waals surface area contributed by atoms with Crippen molar-refractivity contribution in [3.8, 4) is 0 Å². The fourth-order valence-corrected chi connectivity index (χ4v) is 15.0. The van der Waals surface area contributed by atoms with Crippen LogP contribution in [0.4, 0.5) is 0 Å². The van der Waals surface area contributed by atoms with E-state index in [0.717, 1.165) is 47.3 Å². The van der Waals surface area contributed by atoms with Crippen LogP contribution in [0.1, 0.15) is 437 Å². The zero-order valence-electron chi connectivity index (χ0n) is 91.7. The molecule has 0 unspecified atom stereocenters. The van der Waals surface area contributed by atoms with Gasteiger partial charge in [0.25, 0.3) is 0 Å². The fraction of sp³-hybridized carbons (Fsp3) is 1.00. The van der Waals surface area contributed by atoms with Crippen molar-refractivity contribution >= 4 is 0 Å². The summed E-state index contributed by atoms with van der Waals surface area (Å²) in [4.78, 5) is 25.3. The molecule has 10 heteroatoms. The highest BCUT2D eigenvalue weighted by Gasteiger charge is 2.39. The van der Waals surface area contributed by atoms with E-state index in [4.69, 9.17) is 0 Å². The first-order valence-corrected chi connectivity index (χ1v) is 49.5. The van der Waals surface area contributed by atoms with Gasteiger partial charge in [-0.2, -0.15) is 0 Å². The molecular formula is C106H234N10. The van der Waals surface area contributed by atoms with Gasteiger partial charge < -0.3 is 9.80 Å². The van der Waals surface area contributed by atoms with Crippen LogP contribution in [0.5, 0.6) is 0 Å². The minimum Gasteiger partial charge on any atom is -0.306 e. The summed E-state index contributed by atoms with van der Waals surface area (Å²) in [7, 11) is 4.37. The van der Waals surface area contributed by atoms with Crippen LogP contribution in [0.15, 0.2) is 0 Å². The Morgan fingerprint density at radius 2 is 0.310 bits per heavy atom. The lowest BCUT2D eigenvalue weighted by molar-refractivity contribution is 0.0211. The largest absolute Gasteiger partial charge is 0.306 e. The third-order valence-electron chi connectivity index (χ3n) is 23.9. The Kier molecular flexibility index (Phi) is 64.9. The van der Waals surface area contributed by atoms with Crippen LogP contribution in [0.2, 0.25) is 0 Å². The monoisotopic (exact) mass is 1650 g/mol. The molecule has 0 N–H and O–H groups in total. The van der Waals surface area contributed by atoms with E-state index in [1.807, 2.05) is 0 Å². The molecule has 10 nitrogen and oxygen atoms in total. The molecule has 116 heavy (non-hydrogen) atoms. The molecule has 2 atom stereocenters. The van der Waals surface area contributed by atoms with Gasteiger partial charge in [0.05, 0.1) is 0 Å². The Bertz CT molecular complexity index is 1870. The molecule has 0 aliphatic carbocycles. The van der Waals surface area contributed by atoms with Gasteiger partial charge in [-0.15, -0.1) is 0 Å². The minimum absolute atomic E-state index is 0.337. The van der Waals surface area contributed by atoms with E-state index < -0.39 is 0 Å². The van der Waals surface area contributed by atoms with Crippen molar-refractivity contribution in [1.29, 1.82) is 0 Å². The first-order chi connectivity index (χ1) is 52.1. The maximum absolute atomic E-state index is 2.62. The summed E-state index contributed by atoms with van der Waals surface area (Å²) in [6.07, 6.45) is 15.8. The molecule has 9 saturated heterocycles. The summed E-state index contributed by atoms with van der Waals surface area (Å²) in [6.45, 7) is 144. The predicted molar refractivity (Wildman–Crippen MR) is 538 cm³/mol. The number of piperazine rings is 1. The lowest BCUT2D eigenvalue weighted by Gasteiger charge is -2.46. The summed E-state index contributed by atoms with van der Waals surface area (Å²) in [6, 6.07) is 0. The molecule has 9 fully saturated rings. The standard InChI is InChI=1S/2C13H27N.C12H26N2.2C9H19N.4C8H17N.6C3H8/c2*1-12(2,3)11-7-9-14(10-8-11)13(4,5)6;1-11(2,3)13-7-9-14(10-8-13)12(4,5)6;2*1-8-5-6-10(7-8)9(2,3)4;2*1-8(2,3)7-5-9(4)6-7;2*1-7-5-9(6-7)8(2,3)4;6*1-3-2/h2*11H,7-10H2,1-6H3;7-10H2,1-6H3;2*8H,5-7H2,1-4H3;4*7H,5-6H2,1-4H3;6*3H2,1-2H3/t;;;2*8-;;;;;;;;;;/m...10........../s1. The molecule has 0 radical (unpaired) electrons. The Balaban J connectivity index is -0.000000287. The van der Waals surface area contributed by atoms with E-state index in [1.165, 1.54) is 208 Å². The van der Waals surface area contributed by atoms with Gasteiger partial charge >= 0.3 is 0 Å². The van der Waals surface area contributed by atoms with Gasteiger partial charge in [0.2, 0.25) is 0 Å². The van der Waals surface area contributed by atoms with Crippen molar-refractivity contribution in [1.82, 2.24) is 49.0 Å². The van der Waals surface area contributed by atoms with E-state index in [9.17, 15) is 0 Å². The average molecular weight is 1650 g/mol. The van der Waals surface area contributed by atoms with Crippen molar-refractivity contribution in [3.63, 3.8) is 0 Å². The number of nitrogens with zero attached hydrogens (tertiary/aromatic N) is 10. The van der Waals surface area contributed by atoms with Crippen LogP contribution < -0.4 is 0 Å². The molecule has 0 saturated carbocycles. The summed E-state index contributed by atoms with van der Waals surface area (Å²) in [5.74, 6) is 7.40. The number of hydrogen-bond acceptors (Lipinski definition) is 10. The highest BCUT2D eigenvalue weighted by molar-refractivity contribution is 4.93. The quantitative estimate of drug-likeness (QED) is 0.234. The predicted octanol–water partition coefficient (Wildman–Crippen LogP) is 28.7. The maximum atomic E-state index is 2.62. The first-order valence-electron chi connectivity index (χ1n) is 49.5. The number of piperidine rings is 2. The number of hydrogen-bond donors (Lipinski definition) is 0. The highest BCUT2D eigenvalue weighted by Crippen LogP contribution is 2.39. The third kappa shape index (κ3) is 62.7. The number of likely N-dealkylation sites (tertiary alicyclic amines) is 8. The van der Waals surface area contributed by atoms with Gasteiger partial charge in [-0.05, 0) is 327 Å². The third-order valence-corrected chi connectivity index (χ3v) is 23.9. The molecular weight excluding hydrogens is 1410 g/mol. The topological polar surface area (TPSA) is 32.4 Å². The van der Waals surface area contributed by atoms with Crippen molar-refractivity contribution in [3.05, 3.63) is 0 Å². The lowest BCUT2D eigenvalue weighted by atomic mass is 9.75. The summed E-state index contributed by atoms with van der Waals surface area (Å²) >= 11 is 0. The van der Waals surface area contributed by atoms with Crippen molar-refractivity contribution in [2.24, 2.45) is 69.0 Å². The van der Waals surface area contributed by atoms with Gasteiger partial charge in [0.15, 0.2) is 0 Å². The molecule has 708 valence electrons. The van der Waals surface area contributed by atoms with Gasteiger partial charge in [-0.3, -0.25) is 39.2 Å². The molecule has 0 aromatic heterocycles. The summed E-state index contributed by atoms with van der Waals surface area (Å²) in [5.41, 5.74) is 5.08. The van der Waals surface area contributed by atoms with Crippen molar-refractivity contribution in [2.45, 2.75) is 481 Å². The summed E-state index contributed by atoms with van der Waals surface area (Å²) < 4.78 is 0. The summed E-state index contributed by atoms with van der Waals surface area (Å²) in [5, 5.41) is 0. The van der Waals surface area contributed by atoms with Gasteiger partial charge in [-0.25, -0.2) is 0 Å². The zero-order valence-corrected chi connectivity index (χ0v) is 91.7. The smallest absolute Gasteiger partial charge is 0.0126 e. The van der Waals surface area contributed by atoms with Gasteiger partial charge in [0.1, 0.15) is 0 Å². The van der Waals surface area contributed by atoms with E-state index in [1.54, 1.807) is 0 Å². The molecule has 9 rings (SSSR count). The molecule has 9 aliphatic heterocycles. The zero-order chi connectivity index (χ0) is 93.0. The van der Waals surface area contributed by atoms with Crippen LogP contribution in [0.25, 0.3) is 0 Å². The molecule has 0 spiro atoms. The van der Waals surface area contributed by atoms with Gasteiger partial charge in [-0.1, -0.05) is 232 Å². The van der Waals surface area contributed by atoms with Crippen LogP contribution in [-0.2, 0) is 0 Å². The minimum atomic E-state index is 0.337. The van der Waals surface area contributed by atoms with E-state index in [-0.39, 0.29) is 0 Å². The van der Waals surface area contributed by atoms with Crippen LogP contribution >= 0.6 is 0 Å². The second-order valence-corrected chi connectivity index (χ2v) is 50.1. The molecule has 0 aromatic carbocycles. The van der Waals surface area contributed by atoms with Crippen LogP contribution in [0.3, 0.4) is 0 Å². The van der Waals surface area contributed by atoms with Crippen LogP contribution in [0, 0.1) is 69.0 Å². The SMILES string of the molecule is CC(C)(C)C1CCN(C(C)(C)C)CC1.CC(C)(C)C1CCN(C(C)(C)C)CC1.CC(C)(C)N1CCN(C(C)(C)C)CC1.CC1CN(C(C)(C)C)C1.CC1CN(C(C)(C)C)C1.CCC.CCC.CCC.CCC.CCC.CCC.CN1CC(C(C)(C)C)C1.CN1CC(C(C)(C)C)C1.C[C@@H]1CCN(C(C)(C)C)C1.C[C@H]1CCN(C(C)(C)C)C1. The van der Waals surface area contributed by atoms with E-state index in [2.05, 4.69) is 423 Å². The second-order valence-electron chi connectivity index (χ2n) is 50.1. The molecule has 0 bridgehead atoms. The van der Waals surface area contributed by atoms with Crippen LogP contribution in [-0.4, -0.2) is 238 Å². The normalized spacial score (nSPS) is 21.7. The average Bonchev–Trinajstić information content (AvgIpc) is 1.59. The fourth-order valence-electron chi connectivity index (χ4n) is 15.0. The molecule has 0 aromatic rings. The second kappa shape index (κ2) is 59.5. The Morgan fingerprint density at radius 3 is 0.397 bits per heavy atom. The van der Waals surface area contributed by atoms with Gasteiger partial charge in [0, 0.05) is 136 Å². The maximum Gasteiger partial charge on any atom is 0.0126 e. The molecule has 0 amide bonds. The number of rotatable bonds is 0. The van der Waals surface area contributed by atoms with E-state index >= 15 is 0 Å². The Hall–Kier alpha value is -0.400. The van der Waals surface area contributed by atoms with Crippen molar-refractivity contribution in [2.75, 3.05) is 145 Å². The highest BCUT2D eigenvalue weighted by atomic mass is 15.3. The lowest BCUT2D eigenvalue weighted by Crippen LogP contribution is -2.57. The van der Waals surface area contributed by atoms with E-state index in [0.29, 0.717) is 66.0 Å².